The van der Waals surface area contributed by atoms with Crippen molar-refractivity contribution >= 4 is 16.5 Å². The minimum atomic E-state index is 0.631. The highest BCUT2D eigenvalue weighted by atomic mass is 32.1. The Hall–Kier alpha value is -1.55. The smallest absolute Gasteiger partial charge is 0.183 e. The van der Waals surface area contributed by atoms with Gasteiger partial charge >= 0.3 is 0 Å². The van der Waals surface area contributed by atoms with Crippen LogP contribution in [-0.2, 0) is 6.42 Å². The van der Waals surface area contributed by atoms with Crippen molar-refractivity contribution in [2.24, 2.45) is 5.92 Å². The molecule has 1 heterocycles. The minimum absolute atomic E-state index is 0.631. The average molecular weight is 274 g/mol. The fourth-order valence-corrected chi connectivity index (χ4v) is 3.28. The van der Waals surface area contributed by atoms with E-state index in [0.29, 0.717) is 5.92 Å². The molecule has 1 aromatic carbocycles. The first-order valence-electron chi connectivity index (χ1n) is 6.58. The molecule has 0 saturated carbocycles. The summed E-state index contributed by atoms with van der Waals surface area (Å²) in [7, 11) is 1.70. The van der Waals surface area contributed by atoms with E-state index in [-0.39, 0.29) is 0 Å². The van der Waals surface area contributed by atoms with Gasteiger partial charge in [-0.15, -0.1) is 11.3 Å². The molecule has 1 aliphatic rings. The lowest BCUT2D eigenvalue weighted by molar-refractivity contribution is 0.415. The molecule has 0 bridgehead atoms. The zero-order chi connectivity index (χ0) is 13.4. The fourth-order valence-electron chi connectivity index (χ4n) is 2.28. The Morgan fingerprint density at radius 1 is 1.42 bits per heavy atom. The summed E-state index contributed by atoms with van der Waals surface area (Å²) in [5.41, 5.74) is 3.71. The molecule has 3 nitrogen and oxygen atoms in total. The first-order chi connectivity index (χ1) is 9.17. The number of nitrogens with zero attached hydrogens (tertiary/aromatic N) is 1. The third-order valence-electron chi connectivity index (χ3n) is 3.28. The van der Waals surface area contributed by atoms with Crippen LogP contribution in [0.3, 0.4) is 0 Å². The summed E-state index contributed by atoms with van der Waals surface area (Å²) in [5.74, 6) is 1.53. The van der Waals surface area contributed by atoms with E-state index in [0.717, 1.165) is 29.5 Å². The van der Waals surface area contributed by atoms with Gasteiger partial charge in [-0.05, 0) is 23.6 Å². The molecule has 0 amide bonds. The van der Waals surface area contributed by atoms with Crippen LogP contribution in [0.5, 0.6) is 5.75 Å². The van der Waals surface area contributed by atoms with Gasteiger partial charge in [0.15, 0.2) is 5.13 Å². The quantitative estimate of drug-likeness (QED) is 0.786. The van der Waals surface area contributed by atoms with Gasteiger partial charge in [-0.1, -0.05) is 19.9 Å². The van der Waals surface area contributed by atoms with E-state index < -0.39 is 0 Å². The van der Waals surface area contributed by atoms with Gasteiger partial charge in [0.2, 0.25) is 0 Å². The van der Waals surface area contributed by atoms with Gasteiger partial charge in [0.25, 0.3) is 0 Å². The Morgan fingerprint density at radius 2 is 2.26 bits per heavy atom. The maximum Gasteiger partial charge on any atom is 0.183 e. The highest BCUT2D eigenvalue weighted by Gasteiger charge is 2.23. The van der Waals surface area contributed by atoms with Crippen molar-refractivity contribution in [3.8, 4) is 17.0 Å². The second-order valence-electron chi connectivity index (χ2n) is 5.27. The van der Waals surface area contributed by atoms with E-state index in [1.165, 1.54) is 16.0 Å². The lowest BCUT2D eigenvalue weighted by Gasteiger charge is -2.06. The Bertz CT molecular complexity index is 604. The number of hydrogen-bond donors (Lipinski definition) is 1. The predicted octanol–water partition coefficient (Wildman–Crippen LogP) is 3.79. The Kier molecular flexibility index (Phi) is 3.19. The number of hydrogen-bond acceptors (Lipinski definition) is 4. The first kappa shape index (κ1) is 12.5. The molecular formula is C15H18N2OS. The summed E-state index contributed by atoms with van der Waals surface area (Å²) >= 11 is 1.77. The number of methoxy groups -OCH3 is 1. The van der Waals surface area contributed by atoms with E-state index in [2.05, 4.69) is 31.3 Å². The lowest BCUT2D eigenvalue weighted by atomic mass is 10.1. The van der Waals surface area contributed by atoms with Gasteiger partial charge in [0.1, 0.15) is 5.75 Å². The molecular weight excluding hydrogens is 256 g/mol. The lowest BCUT2D eigenvalue weighted by Crippen LogP contribution is -2.07. The van der Waals surface area contributed by atoms with E-state index in [1.807, 2.05) is 6.07 Å². The number of nitrogens with one attached hydrogen (secondary N) is 1. The molecule has 0 atom stereocenters. The summed E-state index contributed by atoms with van der Waals surface area (Å²) in [6.45, 7) is 5.38. The maximum atomic E-state index is 5.30. The predicted molar refractivity (Wildman–Crippen MR) is 80.2 cm³/mol. The Labute approximate surface area is 117 Å². The summed E-state index contributed by atoms with van der Waals surface area (Å²) in [4.78, 5) is 6.09. The van der Waals surface area contributed by atoms with Gasteiger partial charge < -0.3 is 10.1 Å². The van der Waals surface area contributed by atoms with Crippen LogP contribution >= 0.6 is 11.3 Å². The number of aromatic nitrogens is 1. The van der Waals surface area contributed by atoms with Crippen LogP contribution in [0.1, 0.15) is 24.3 Å². The topological polar surface area (TPSA) is 34.1 Å². The largest absolute Gasteiger partial charge is 0.497 e. The molecule has 0 radical (unpaired) electrons. The van der Waals surface area contributed by atoms with E-state index in [4.69, 9.17) is 9.72 Å². The van der Waals surface area contributed by atoms with Crippen molar-refractivity contribution in [1.29, 1.82) is 0 Å². The van der Waals surface area contributed by atoms with Crippen LogP contribution in [0, 0.1) is 5.92 Å². The molecule has 0 spiro atoms. The van der Waals surface area contributed by atoms with Gasteiger partial charge in [-0.25, -0.2) is 4.98 Å². The summed E-state index contributed by atoms with van der Waals surface area (Å²) in [6, 6.07) is 6.25. The minimum Gasteiger partial charge on any atom is -0.497 e. The molecule has 19 heavy (non-hydrogen) atoms. The number of rotatable bonds is 4. The van der Waals surface area contributed by atoms with Crippen molar-refractivity contribution in [3.05, 3.63) is 28.6 Å². The van der Waals surface area contributed by atoms with Gasteiger partial charge in [0.05, 0.1) is 12.8 Å². The Balaban J connectivity index is 1.89. The highest BCUT2D eigenvalue weighted by molar-refractivity contribution is 7.16. The number of fused-ring (bicyclic) bond motifs is 3. The second kappa shape index (κ2) is 4.85. The van der Waals surface area contributed by atoms with Gasteiger partial charge in [-0.3, -0.25) is 0 Å². The molecule has 1 aromatic heterocycles. The summed E-state index contributed by atoms with van der Waals surface area (Å²) in [5, 5.41) is 4.44. The molecule has 0 aliphatic heterocycles. The van der Waals surface area contributed by atoms with E-state index in [9.17, 15) is 0 Å². The second-order valence-corrected chi connectivity index (χ2v) is 6.35. The number of ether oxygens (including phenoxy) is 1. The molecule has 4 heteroatoms. The summed E-state index contributed by atoms with van der Waals surface area (Å²) < 4.78 is 5.30. The molecule has 0 unspecified atom stereocenters. The monoisotopic (exact) mass is 274 g/mol. The molecule has 0 saturated heterocycles. The average Bonchev–Trinajstić information content (AvgIpc) is 2.92. The van der Waals surface area contributed by atoms with Crippen molar-refractivity contribution < 1.29 is 4.74 Å². The summed E-state index contributed by atoms with van der Waals surface area (Å²) in [6.07, 6.45) is 0.996. The Morgan fingerprint density at radius 3 is 3.00 bits per heavy atom. The third-order valence-corrected chi connectivity index (χ3v) is 4.30. The van der Waals surface area contributed by atoms with Crippen molar-refractivity contribution in [3.63, 3.8) is 0 Å². The van der Waals surface area contributed by atoms with Gasteiger partial charge in [0, 0.05) is 23.4 Å². The van der Waals surface area contributed by atoms with Crippen LogP contribution in [-0.4, -0.2) is 18.6 Å². The standard InChI is InChI=1S/C15H18N2OS/c1-9(2)8-16-15-17-14-12-7-11(18-3)5-4-10(12)6-13(14)19-15/h4-5,7,9H,6,8H2,1-3H3,(H,16,17). The van der Waals surface area contributed by atoms with Gasteiger partial charge in [-0.2, -0.15) is 0 Å². The zero-order valence-electron chi connectivity index (χ0n) is 11.5. The van der Waals surface area contributed by atoms with Crippen molar-refractivity contribution in [2.75, 3.05) is 19.0 Å². The van der Waals surface area contributed by atoms with Crippen molar-refractivity contribution in [2.45, 2.75) is 20.3 Å². The molecule has 1 aliphatic carbocycles. The number of thiazole rings is 1. The molecule has 2 aromatic rings. The first-order valence-corrected chi connectivity index (χ1v) is 7.40. The van der Waals surface area contributed by atoms with Crippen LogP contribution < -0.4 is 10.1 Å². The highest BCUT2D eigenvalue weighted by Crippen LogP contribution is 2.42. The molecule has 0 fully saturated rings. The van der Waals surface area contributed by atoms with Crippen LogP contribution in [0.2, 0.25) is 0 Å². The maximum absolute atomic E-state index is 5.30. The number of anilines is 1. The normalized spacial score (nSPS) is 12.4. The van der Waals surface area contributed by atoms with Crippen LogP contribution in [0.25, 0.3) is 11.3 Å². The van der Waals surface area contributed by atoms with Crippen LogP contribution in [0.15, 0.2) is 18.2 Å². The molecule has 1 N–H and O–H groups in total. The van der Waals surface area contributed by atoms with Crippen molar-refractivity contribution in [1.82, 2.24) is 4.98 Å². The SMILES string of the molecule is COc1ccc2c(c1)-c1nc(NCC(C)C)sc1C2. The van der Waals surface area contributed by atoms with E-state index in [1.54, 1.807) is 18.4 Å². The fraction of sp³-hybridized carbons (Fsp3) is 0.400. The third kappa shape index (κ3) is 2.32. The van der Waals surface area contributed by atoms with E-state index >= 15 is 0 Å². The zero-order valence-corrected chi connectivity index (χ0v) is 12.3. The number of benzene rings is 1. The molecule has 3 rings (SSSR count). The molecule has 100 valence electrons. The van der Waals surface area contributed by atoms with Crippen LogP contribution in [0.4, 0.5) is 5.13 Å².